The fraction of sp³-hybridized carbons (Fsp3) is 0.333. The Morgan fingerprint density at radius 1 is 0.903 bits per heavy atom. The standard InChI is InChI=1S/C21H22O10/c22-8-16-17(26)18(27)19(28)21(31-16)30-15-7-12-13(25)5-11(24)6-14(12)29-20(15)9-1-3-10(23)4-2-9/h1-7,14,16-19,21-28H,8H2. The highest BCUT2D eigenvalue weighted by Crippen LogP contribution is 2.38. The van der Waals surface area contributed by atoms with Crippen molar-refractivity contribution in [1.82, 2.24) is 0 Å². The van der Waals surface area contributed by atoms with Crippen molar-refractivity contribution in [2.24, 2.45) is 0 Å². The summed E-state index contributed by atoms with van der Waals surface area (Å²) in [5, 5.41) is 69.2. The summed E-state index contributed by atoms with van der Waals surface area (Å²) in [6, 6.07) is 5.92. The molecule has 0 saturated carbocycles. The summed E-state index contributed by atoms with van der Waals surface area (Å²) >= 11 is 0. The van der Waals surface area contributed by atoms with Gasteiger partial charge in [0.25, 0.3) is 0 Å². The lowest BCUT2D eigenvalue weighted by molar-refractivity contribution is -0.290. The monoisotopic (exact) mass is 434 g/mol. The largest absolute Gasteiger partial charge is 0.508 e. The van der Waals surface area contributed by atoms with Crippen molar-refractivity contribution in [3.05, 3.63) is 70.9 Å². The zero-order chi connectivity index (χ0) is 22.3. The number of aromatic hydroxyl groups is 1. The highest BCUT2D eigenvalue weighted by molar-refractivity contribution is 5.68. The van der Waals surface area contributed by atoms with Gasteiger partial charge in [0.2, 0.25) is 6.29 Å². The van der Waals surface area contributed by atoms with E-state index in [0.717, 1.165) is 6.08 Å². The second kappa shape index (κ2) is 8.25. The lowest BCUT2D eigenvalue weighted by Crippen LogP contribution is -2.59. The van der Waals surface area contributed by atoms with E-state index in [0.29, 0.717) is 5.56 Å². The molecule has 0 radical (unpaired) electrons. The third kappa shape index (κ3) is 3.99. The summed E-state index contributed by atoms with van der Waals surface area (Å²) in [5.41, 5.74) is 0.731. The summed E-state index contributed by atoms with van der Waals surface area (Å²) in [4.78, 5) is 0. The SMILES string of the molecule is OCC1OC(OC2=C(c3ccc(O)cc3)OC3C=C(O)C=C(O)C3=C2)C(O)C(O)C1O. The molecule has 1 aromatic rings. The first-order valence-electron chi connectivity index (χ1n) is 9.49. The lowest BCUT2D eigenvalue weighted by atomic mass is 9.97. The zero-order valence-electron chi connectivity index (χ0n) is 16.1. The van der Waals surface area contributed by atoms with E-state index in [-0.39, 0.29) is 34.4 Å². The molecule has 10 heteroatoms. The average molecular weight is 434 g/mol. The molecule has 7 N–H and O–H groups in total. The molecule has 10 nitrogen and oxygen atoms in total. The van der Waals surface area contributed by atoms with Crippen LogP contribution in [0.25, 0.3) is 5.76 Å². The maximum Gasteiger partial charge on any atom is 0.229 e. The number of phenols is 1. The van der Waals surface area contributed by atoms with E-state index in [9.17, 15) is 35.7 Å². The van der Waals surface area contributed by atoms with Crippen molar-refractivity contribution >= 4 is 5.76 Å². The first-order valence-corrected chi connectivity index (χ1v) is 9.49. The van der Waals surface area contributed by atoms with Crippen molar-refractivity contribution in [1.29, 1.82) is 0 Å². The second-order valence-electron chi connectivity index (χ2n) is 7.31. The van der Waals surface area contributed by atoms with Crippen molar-refractivity contribution in [2.45, 2.75) is 36.8 Å². The fourth-order valence-corrected chi connectivity index (χ4v) is 3.51. The minimum absolute atomic E-state index is 0.0102. The third-order valence-electron chi connectivity index (χ3n) is 5.19. The summed E-state index contributed by atoms with van der Waals surface area (Å²) in [5.74, 6) is -0.281. The molecule has 2 heterocycles. The van der Waals surface area contributed by atoms with Gasteiger partial charge >= 0.3 is 0 Å². The van der Waals surface area contributed by atoms with Gasteiger partial charge in [-0.15, -0.1) is 0 Å². The molecule has 6 unspecified atom stereocenters. The summed E-state index contributed by atoms with van der Waals surface area (Å²) in [6.45, 7) is -0.623. The number of hydrogen-bond donors (Lipinski definition) is 7. The molecule has 1 fully saturated rings. The van der Waals surface area contributed by atoms with Gasteiger partial charge in [0.1, 0.15) is 47.8 Å². The third-order valence-corrected chi connectivity index (χ3v) is 5.19. The van der Waals surface area contributed by atoms with Gasteiger partial charge in [0.05, 0.1) is 6.61 Å². The van der Waals surface area contributed by atoms with Gasteiger partial charge < -0.3 is 50.0 Å². The molecular weight excluding hydrogens is 412 g/mol. The van der Waals surface area contributed by atoms with E-state index in [4.69, 9.17) is 14.2 Å². The molecule has 6 atom stereocenters. The minimum atomic E-state index is -1.65. The molecule has 0 amide bonds. The van der Waals surface area contributed by atoms with Crippen LogP contribution in [0.15, 0.2) is 65.3 Å². The predicted octanol–water partition coefficient (Wildman–Crippen LogP) is 0.0999. The van der Waals surface area contributed by atoms with Crippen LogP contribution in [0.3, 0.4) is 0 Å². The van der Waals surface area contributed by atoms with Crippen molar-refractivity contribution in [3.8, 4) is 5.75 Å². The number of aliphatic hydroxyl groups excluding tert-OH is 6. The fourth-order valence-electron chi connectivity index (χ4n) is 3.51. The highest BCUT2D eigenvalue weighted by Gasteiger charge is 2.45. The normalized spacial score (nSPS) is 33.0. The van der Waals surface area contributed by atoms with Crippen LogP contribution >= 0.6 is 0 Å². The summed E-state index contributed by atoms with van der Waals surface area (Å²) in [6.07, 6.45) is -4.40. The second-order valence-corrected chi connectivity index (χ2v) is 7.31. The van der Waals surface area contributed by atoms with Crippen molar-refractivity contribution < 1.29 is 50.0 Å². The number of aliphatic hydroxyl groups is 6. The van der Waals surface area contributed by atoms with E-state index in [1.54, 1.807) is 12.1 Å². The van der Waals surface area contributed by atoms with Crippen LogP contribution in [-0.2, 0) is 14.2 Å². The van der Waals surface area contributed by atoms with E-state index >= 15 is 0 Å². The maximum absolute atomic E-state index is 10.3. The lowest BCUT2D eigenvalue weighted by Gasteiger charge is -2.40. The van der Waals surface area contributed by atoms with E-state index in [1.165, 1.54) is 24.3 Å². The number of allylic oxidation sites excluding steroid dienone is 2. The smallest absolute Gasteiger partial charge is 0.229 e. The molecule has 1 saturated heterocycles. The van der Waals surface area contributed by atoms with E-state index in [1.807, 2.05) is 0 Å². The first-order chi connectivity index (χ1) is 14.8. The Morgan fingerprint density at radius 3 is 2.29 bits per heavy atom. The number of benzene rings is 1. The summed E-state index contributed by atoms with van der Waals surface area (Å²) < 4.78 is 17.1. The van der Waals surface area contributed by atoms with Gasteiger partial charge in [-0.05, 0) is 30.3 Å². The predicted molar refractivity (Wildman–Crippen MR) is 104 cm³/mol. The van der Waals surface area contributed by atoms with Gasteiger partial charge in [0.15, 0.2) is 11.5 Å². The number of phenolic OH excluding ortho intramolecular Hbond substituents is 1. The quantitative estimate of drug-likeness (QED) is 0.345. The van der Waals surface area contributed by atoms with Crippen LogP contribution in [0, 0.1) is 0 Å². The first kappa shape index (κ1) is 21.2. The number of hydrogen-bond acceptors (Lipinski definition) is 10. The van der Waals surface area contributed by atoms with Crippen LogP contribution < -0.4 is 0 Å². The molecule has 31 heavy (non-hydrogen) atoms. The molecule has 0 spiro atoms. The molecule has 3 aliphatic rings. The van der Waals surface area contributed by atoms with E-state index in [2.05, 4.69) is 0 Å². The molecule has 166 valence electrons. The highest BCUT2D eigenvalue weighted by atomic mass is 16.7. The molecule has 1 aromatic carbocycles. The topological polar surface area (TPSA) is 169 Å². The van der Waals surface area contributed by atoms with Gasteiger partial charge in [0, 0.05) is 23.3 Å². The molecule has 0 aromatic heterocycles. The van der Waals surface area contributed by atoms with Crippen molar-refractivity contribution in [3.63, 3.8) is 0 Å². The van der Waals surface area contributed by atoms with Crippen LogP contribution in [-0.4, -0.2) is 79.2 Å². The van der Waals surface area contributed by atoms with Gasteiger partial charge in [-0.25, -0.2) is 0 Å². The summed E-state index contributed by atoms with van der Waals surface area (Å²) in [7, 11) is 0. The molecular formula is C21H22O10. The van der Waals surface area contributed by atoms with Crippen LogP contribution in [0.2, 0.25) is 0 Å². The Bertz CT molecular complexity index is 959. The Hall–Kier alpha value is -3.02. The molecule has 4 rings (SSSR count). The minimum Gasteiger partial charge on any atom is -0.508 e. The van der Waals surface area contributed by atoms with Crippen molar-refractivity contribution in [2.75, 3.05) is 6.61 Å². The molecule has 1 aliphatic carbocycles. The molecule has 0 bridgehead atoms. The maximum atomic E-state index is 10.3. The zero-order valence-corrected chi connectivity index (χ0v) is 16.1. The molecule has 2 aliphatic heterocycles. The Morgan fingerprint density at radius 2 is 1.61 bits per heavy atom. The Balaban J connectivity index is 1.73. The number of ether oxygens (including phenoxy) is 3. The van der Waals surface area contributed by atoms with Gasteiger partial charge in [-0.2, -0.15) is 0 Å². The van der Waals surface area contributed by atoms with Gasteiger partial charge in [-0.1, -0.05) is 0 Å². The van der Waals surface area contributed by atoms with Crippen LogP contribution in [0.1, 0.15) is 5.56 Å². The number of rotatable bonds is 4. The van der Waals surface area contributed by atoms with Crippen LogP contribution in [0.4, 0.5) is 0 Å². The van der Waals surface area contributed by atoms with Crippen LogP contribution in [0.5, 0.6) is 5.75 Å². The Kier molecular flexibility index (Phi) is 5.65. The van der Waals surface area contributed by atoms with E-state index < -0.39 is 43.4 Å². The number of fused-ring (bicyclic) bond motifs is 1. The Labute approximate surface area is 176 Å². The average Bonchev–Trinajstić information content (AvgIpc) is 2.74. The van der Waals surface area contributed by atoms with Gasteiger partial charge in [-0.3, -0.25) is 0 Å².